The second kappa shape index (κ2) is 6.68. The Hall–Kier alpha value is -1.40. The molecule has 0 aromatic carbocycles. The zero-order valence-corrected chi connectivity index (χ0v) is 11.3. The van der Waals surface area contributed by atoms with E-state index in [4.69, 9.17) is 0 Å². The highest BCUT2D eigenvalue weighted by atomic mass is 16.3. The number of aliphatic hydroxyl groups is 1. The molecule has 0 radical (unpaired) electrons. The van der Waals surface area contributed by atoms with Crippen molar-refractivity contribution in [3.05, 3.63) is 17.5 Å². The van der Waals surface area contributed by atoms with Crippen LogP contribution < -0.4 is 10.6 Å². The summed E-state index contributed by atoms with van der Waals surface area (Å²) in [5.74, 6) is 0.375. The summed E-state index contributed by atoms with van der Waals surface area (Å²) in [6.07, 6.45) is 1.93. The summed E-state index contributed by atoms with van der Waals surface area (Å²) in [6.45, 7) is 4.49. The third-order valence-corrected chi connectivity index (χ3v) is 3.62. The van der Waals surface area contributed by atoms with Gasteiger partial charge in [-0.25, -0.2) is 0 Å². The normalized spacial score (nSPS) is 22.6. The fourth-order valence-electron chi connectivity index (χ4n) is 2.43. The molecule has 2 atom stereocenters. The fourth-order valence-corrected chi connectivity index (χ4v) is 2.43. The van der Waals surface area contributed by atoms with Crippen molar-refractivity contribution < 1.29 is 9.90 Å². The summed E-state index contributed by atoms with van der Waals surface area (Å²) in [4.78, 5) is 11.9. The molecule has 0 bridgehead atoms. The van der Waals surface area contributed by atoms with Crippen LogP contribution in [-0.2, 0) is 6.42 Å². The summed E-state index contributed by atoms with van der Waals surface area (Å²) in [5.41, 5.74) is 1.43. The number of carbonyl (C=O) groups is 1. The monoisotopic (exact) mass is 266 g/mol. The third-order valence-electron chi connectivity index (χ3n) is 3.62. The molecule has 0 saturated carbocycles. The van der Waals surface area contributed by atoms with Gasteiger partial charge in [-0.2, -0.15) is 5.10 Å². The first-order valence-corrected chi connectivity index (χ1v) is 6.88. The van der Waals surface area contributed by atoms with Crippen LogP contribution >= 0.6 is 0 Å². The Bertz CT molecular complexity index is 419. The van der Waals surface area contributed by atoms with E-state index in [1.54, 1.807) is 6.07 Å². The second-order valence-corrected chi connectivity index (χ2v) is 5.10. The average molecular weight is 266 g/mol. The molecule has 1 fully saturated rings. The number of nitrogens with zero attached hydrogens (tertiary/aromatic N) is 1. The Kier molecular flexibility index (Phi) is 4.93. The molecule has 2 rings (SSSR count). The van der Waals surface area contributed by atoms with Crippen LogP contribution in [0.3, 0.4) is 0 Å². The first-order valence-electron chi connectivity index (χ1n) is 6.88. The number of aryl methyl sites for hydroxylation is 1. The Morgan fingerprint density at radius 2 is 2.32 bits per heavy atom. The summed E-state index contributed by atoms with van der Waals surface area (Å²) in [7, 11) is 0. The molecule has 2 heterocycles. The quantitative estimate of drug-likeness (QED) is 0.580. The fraction of sp³-hybridized carbons (Fsp3) is 0.692. The van der Waals surface area contributed by atoms with Gasteiger partial charge in [0.15, 0.2) is 0 Å². The highest BCUT2D eigenvalue weighted by Crippen LogP contribution is 2.15. The van der Waals surface area contributed by atoms with Crippen molar-refractivity contribution in [1.29, 1.82) is 0 Å². The van der Waals surface area contributed by atoms with Crippen molar-refractivity contribution in [3.8, 4) is 0 Å². The highest BCUT2D eigenvalue weighted by Gasteiger charge is 2.26. The summed E-state index contributed by atoms with van der Waals surface area (Å²) >= 11 is 0. The molecule has 0 aliphatic carbocycles. The smallest absolute Gasteiger partial charge is 0.271 e. The van der Waals surface area contributed by atoms with Crippen molar-refractivity contribution in [1.82, 2.24) is 20.8 Å². The van der Waals surface area contributed by atoms with Gasteiger partial charge in [-0.15, -0.1) is 0 Å². The number of rotatable bonds is 6. The first-order chi connectivity index (χ1) is 9.24. The summed E-state index contributed by atoms with van der Waals surface area (Å²) in [5, 5.41) is 22.2. The lowest BCUT2D eigenvalue weighted by atomic mass is 9.97. The maximum Gasteiger partial charge on any atom is 0.271 e. The van der Waals surface area contributed by atoms with Crippen LogP contribution in [0.1, 0.15) is 29.5 Å². The number of aromatic amines is 1. The van der Waals surface area contributed by atoms with Crippen LogP contribution in [-0.4, -0.2) is 47.5 Å². The van der Waals surface area contributed by atoms with E-state index in [2.05, 4.69) is 27.8 Å². The molecule has 1 saturated heterocycles. The van der Waals surface area contributed by atoms with Crippen LogP contribution in [0.15, 0.2) is 6.07 Å². The van der Waals surface area contributed by atoms with Gasteiger partial charge in [-0.1, -0.05) is 13.3 Å². The van der Waals surface area contributed by atoms with Crippen LogP contribution in [0, 0.1) is 11.8 Å². The Labute approximate surface area is 113 Å². The number of amides is 1. The highest BCUT2D eigenvalue weighted by molar-refractivity contribution is 5.92. The number of H-pyrrole nitrogens is 1. The summed E-state index contributed by atoms with van der Waals surface area (Å²) in [6, 6.07) is 1.80. The first kappa shape index (κ1) is 14.0. The minimum Gasteiger partial charge on any atom is -0.396 e. The molecule has 19 heavy (non-hydrogen) atoms. The zero-order chi connectivity index (χ0) is 13.7. The van der Waals surface area contributed by atoms with Gasteiger partial charge in [0.2, 0.25) is 0 Å². The predicted octanol–water partition coefficient (Wildman–Crippen LogP) is -0.0801. The minimum atomic E-state index is -0.151. The van der Waals surface area contributed by atoms with Gasteiger partial charge in [0.05, 0.1) is 0 Å². The number of aliphatic hydroxyl groups excluding tert-OH is 1. The molecule has 1 aliphatic heterocycles. The molecular formula is C13H22N4O2. The van der Waals surface area contributed by atoms with Gasteiger partial charge < -0.3 is 15.7 Å². The van der Waals surface area contributed by atoms with E-state index in [0.717, 1.165) is 31.6 Å². The van der Waals surface area contributed by atoms with Crippen LogP contribution in [0.4, 0.5) is 0 Å². The number of aromatic nitrogens is 2. The standard InChI is InChI=1S/C13H22N4O2/c1-2-3-11-4-12(17-16-11)13(19)15-7-9-5-14-6-10(9)8-18/h4,9-10,14,18H,2-3,5-8H2,1H3,(H,15,19)(H,16,17)/t9-,10-/m0/s1. The molecule has 1 aromatic rings. The lowest BCUT2D eigenvalue weighted by Crippen LogP contribution is -2.33. The largest absolute Gasteiger partial charge is 0.396 e. The molecule has 6 heteroatoms. The molecule has 0 unspecified atom stereocenters. The molecule has 1 aliphatic rings. The Morgan fingerprint density at radius 1 is 1.53 bits per heavy atom. The average Bonchev–Trinajstić information content (AvgIpc) is 3.04. The molecule has 1 amide bonds. The van der Waals surface area contributed by atoms with Crippen molar-refractivity contribution in [2.45, 2.75) is 19.8 Å². The van der Waals surface area contributed by atoms with Crippen LogP contribution in [0.25, 0.3) is 0 Å². The Morgan fingerprint density at radius 3 is 3.05 bits per heavy atom. The molecule has 106 valence electrons. The number of hydrogen-bond acceptors (Lipinski definition) is 4. The lowest BCUT2D eigenvalue weighted by molar-refractivity contribution is 0.0935. The number of carbonyl (C=O) groups excluding carboxylic acids is 1. The molecule has 4 N–H and O–H groups in total. The van der Waals surface area contributed by atoms with Gasteiger partial charge in [-0.05, 0) is 18.4 Å². The van der Waals surface area contributed by atoms with E-state index in [-0.39, 0.29) is 18.4 Å². The van der Waals surface area contributed by atoms with E-state index in [1.807, 2.05) is 0 Å². The van der Waals surface area contributed by atoms with E-state index in [9.17, 15) is 9.90 Å². The minimum absolute atomic E-state index is 0.151. The topological polar surface area (TPSA) is 90.0 Å². The van der Waals surface area contributed by atoms with Crippen molar-refractivity contribution in [3.63, 3.8) is 0 Å². The van der Waals surface area contributed by atoms with Gasteiger partial charge >= 0.3 is 0 Å². The summed E-state index contributed by atoms with van der Waals surface area (Å²) < 4.78 is 0. The molecule has 0 spiro atoms. The van der Waals surface area contributed by atoms with E-state index < -0.39 is 0 Å². The number of hydrogen-bond donors (Lipinski definition) is 4. The van der Waals surface area contributed by atoms with E-state index in [0.29, 0.717) is 18.2 Å². The maximum absolute atomic E-state index is 11.9. The SMILES string of the molecule is CCCc1cc(C(=O)NC[C@@H]2CNC[C@H]2CO)n[nH]1. The molecule has 1 aromatic heterocycles. The number of nitrogens with one attached hydrogen (secondary N) is 3. The Balaban J connectivity index is 1.83. The van der Waals surface area contributed by atoms with Crippen LogP contribution in [0.5, 0.6) is 0 Å². The predicted molar refractivity (Wildman–Crippen MR) is 71.9 cm³/mol. The van der Waals surface area contributed by atoms with Crippen molar-refractivity contribution in [2.24, 2.45) is 11.8 Å². The molecule has 6 nitrogen and oxygen atoms in total. The third kappa shape index (κ3) is 3.54. The van der Waals surface area contributed by atoms with Crippen molar-refractivity contribution in [2.75, 3.05) is 26.2 Å². The van der Waals surface area contributed by atoms with Crippen molar-refractivity contribution >= 4 is 5.91 Å². The van der Waals surface area contributed by atoms with Gasteiger partial charge in [0, 0.05) is 37.9 Å². The van der Waals surface area contributed by atoms with E-state index in [1.165, 1.54) is 0 Å². The van der Waals surface area contributed by atoms with Gasteiger partial charge in [0.1, 0.15) is 5.69 Å². The zero-order valence-electron chi connectivity index (χ0n) is 11.3. The maximum atomic E-state index is 11.9. The second-order valence-electron chi connectivity index (χ2n) is 5.10. The van der Waals surface area contributed by atoms with E-state index >= 15 is 0 Å². The van der Waals surface area contributed by atoms with Crippen LogP contribution in [0.2, 0.25) is 0 Å². The molecular weight excluding hydrogens is 244 g/mol. The van der Waals surface area contributed by atoms with Gasteiger partial charge in [-0.3, -0.25) is 9.89 Å². The lowest BCUT2D eigenvalue weighted by Gasteiger charge is -2.16. The van der Waals surface area contributed by atoms with Gasteiger partial charge in [0.25, 0.3) is 5.91 Å².